The minimum Gasteiger partial charge on any atom is -0.481 e. The minimum absolute atomic E-state index is 0.0595. The van der Waals surface area contributed by atoms with Crippen LogP contribution in [0.2, 0.25) is 0 Å². The number of pyridine rings is 1. The molecule has 0 bridgehead atoms. The fourth-order valence-electron chi connectivity index (χ4n) is 1.89. The Morgan fingerprint density at radius 3 is 2.55 bits per heavy atom. The second-order valence-corrected chi connectivity index (χ2v) is 4.29. The zero-order valence-electron chi connectivity index (χ0n) is 11.2. The number of hydrogen-bond donors (Lipinski definition) is 1. The number of nitrogens with zero attached hydrogens (tertiary/aromatic N) is 2. The Morgan fingerprint density at radius 1 is 1.25 bits per heavy atom. The highest BCUT2D eigenvalue weighted by atomic mass is 16.5. The summed E-state index contributed by atoms with van der Waals surface area (Å²) in [6.45, 7) is 0.420. The second-order valence-electron chi connectivity index (χ2n) is 4.29. The number of para-hydroxylation sites is 1. The lowest BCUT2D eigenvalue weighted by atomic mass is 10.2. The van der Waals surface area contributed by atoms with E-state index in [1.807, 2.05) is 36.4 Å². The molecule has 0 atom stereocenters. The van der Waals surface area contributed by atoms with Gasteiger partial charge in [-0.25, -0.2) is 4.98 Å². The highest BCUT2D eigenvalue weighted by Crippen LogP contribution is 2.17. The van der Waals surface area contributed by atoms with Crippen molar-refractivity contribution in [2.45, 2.75) is 6.54 Å². The van der Waals surface area contributed by atoms with Crippen LogP contribution in [0.4, 0.5) is 5.69 Å². The topological polar surface area (TPSA) is 62.7 Å². The summed E-state index contributed by atoms with van der Waals surface area (Å²) < 4.78 is 5.00. The Balaban J connectivity index is 2.16. The molecule has 5 nitrogen and oxygen atoms in total. The number of aliphatic carboxylic acids is 1. The van der Waals surface area contributed by atoms with Crippen LogP contribution in [0.1, 0.15) is 5.56 Å². The molecular formula is C15H16N2O3. The van der Waals surface area contributed by atoms with Crippen LogP contribution in [0.5, 0.6) is 5.88 Å². The van der Waals surface area contributed by atoms with Gasteiger partial charge in [-0.3, -0.25) is 4.79 Å². The van der Waals surface area contributed by atoms with Gasteiger partial charge in [-0.15, -0.1) is 0 Å². The highest BCUT2D eigenvalue weighted by molar-refractivity contribution is 5.73. The van der Waals surface area contributed by atoms with E-state index in [0.717, 1.165) is 11.3 Å². The summed E-state index contributed by atoms with van der Waals surface area (Å²) in [7, 11) is 1.56. The summed E-state index contributed by atoms with van der Waals surface area (Å²) in [5.74, 6) is -0.325. The first kappa shape index (κ1) is 13.9. The summed E-state index contributed by atoms with van der Waals surface area (Å²) in [4.78, 5) is 16.9. The summed E-state index contributed by atoms with van der Waals surface area (Å²) in [6.07, 6.45) is 1.69. The second kappa shape index (κ2) is 6.56. The average Bonchev–Trinajstić information content (AvgIpc) is 2.48. The van der Waals surface area contributed by atoms with Crippen LogP contribution in [-0.2, 0) is 11.3 Å². The number of carboxylic acids is 1. The van der Waals surface area contributed by atoms with Gasteiger partial charge in [0.05, 0.1) is 7.11 Å². The Bertz CT molecular complexity index is 555. The number of rotatable bonds is 6. The molecule has 0 saturated heterocycles. The fraction of sp³-hybridized carbons (Fsp3) is 0.200. The van der Waals surface area contributed by atoms with Gasteiger partial charge in [0.25, 0.3) is 0 Å². The molecule has 0 unspecified atom stereocenters. The van der Waals surface area contributed by atoms with Gasteiger partial charge in [-0.1, -0.05) is 24.3 Å². The largest absolute Gasteiger partial charge is 0.481 e. The maximum absolute atomic E-state index is 11.0. The predicted octanol–water partition coefficient (Wildman–Crippen LogP) is 2.18. The molecule has 1 heterocycles. The molecule has 2 rings (SSSR count). The first-order valence-corrected chi connectivity index (χ1v) is 6.20. The number of carboxylic acid groups (broad SMARTS) is 1. The molecule has 2 aromatic rings. The molecule has 104 valence electrons. The zero-order valence-corrected chi connectivity index (χ0v) is 11.2. The molecule has 0 saturated carbocycles. The lowest BCUT2D eigenvalue weighted by Gasteiger charge is -2.22. The maximum atomic E-state index is 11.0. The van der Waals surface area contributed by atoms with Crippen LogP contribution >= 0.6 is 0 Å². The molecule has 5 heteroatoms. The summed E-state index contributed by atoms with van der Waals surface area (Å²) in [5, 5.41) is 9.03. The van der Waals surface area contributed by atoms with E-state index in [2.05, 4.69) is 4.98 Å². The average molecular weight is 272 g/mol. The molecule has 20 heavy (non-hydrogen) atoms. The first-order chi connectivity index (χ1) is 9.69. The molecule has 0 aliphatic carbocycles. The van der Waals surface area contributed by atoms with Crippen molar-refractivity contribution < 1.29 is 14.6 Å². The Hall–Kier alpha value is -2.56. The van der Waals surface area contributed by atoms with E-state index in [1.54, 1.807) is 24.3 Å². The Labute approximate surface area is 117 Å². The van der Waals surface area contributed by atoms with Crippen molar-refractivity contribution in [1.29, 1.82) is 0 Å². The van der Waals surface area contributed by atoms with E-state index in [4.69, 9.17) is 9.84 Å². The van der Waals surface area contributed by atoms with E-state index in [-0.39, 0.29) is 6.54 Å². The Kier molecular flexibility index (Phi) is 4.55. The fourth-order valence-corrected chi connectivity index (χ4v) is 1.89. The first-order valence-electron chi connectivity index (χ1n) is 6.20. The number of methoxy groups -OCH3 is 1. The molecule has 0 aliphatic heterocycles. The summed E-state index contributed by atoms with van der Waals surface area (Å²) in [5.41, 5.74) is 1.79. The van der Waals surface area contributed by atoms with Gasteiger partial charge < -0.3 is 14.7 Å². The molecule has 1 aromatic carbocycles. The number of ether oxygens (including phenoxy) is 1. The third kappa shape index (κ3) is 3.71. The monoisotopic (exact) mass is 272 g/mol. The van der Waals surface area contributed by atoms with Crippen LogP contribution < -0.4 is 9.64 Å². The van der Waals surface area contributed by atoms with Gasteiger partial charge in [0, 0.05) is 24.5 Å². The number of aromatic nitrogens is 1. The van der Waals surface area contributed by atoms with Crippen LogP contribution in [0, 0.1) is 0 Å². The molecule has 0 spiro atoms. The van der Waals surface area contributed by atoms with Crippen molar-refractivity contribution in [1.82, 2.24) is 4.98 Å². The number of benzene rings is 1. The number of hydrogen-bond acceptors (Lipinski definition) is 4. The van der Waals surface area contributed by atoms with E-state index in [0.29, 0.717) is 12.4 Å². The normalized spacial score (nSPS) is 10.1. The van der Waals surface area contributed by atoms with Gasteiger partial charge >= 0.3 is 5.97 Å². The molecule has 0 radical (unpaired) electrons. The van der Waals surface area contributed by atoms with E-state index < -0.39 is 5.97 Å². The Morgan fingerprint density at radius 2 is 2.00 bits per heavy atom. The summed E-state index contributed by atoms with van der Waals surface area (Å²) in [6, 6.07) is 13.1. The predicted molar refractivity (Wildman–Crippen MR) is 75.9 cm³/mol. The number of carbonyl (C=O) groups is 1. The van der Waals surface area contributed by atoms with Gasteiger partial charge in [0.2, 0.25) is 5.88 Å². The van der Waals surface area contributed by atoms with Gasteiger partial charge in [-0.2, -0.15) is 0 Å². The smallest absolute Gasteiger partial charge is 0.323 e. The van der Waals surface area contributed by atoms with Gasteiger partial charge in [0.15, 0.2) is 0 Å². The van der Waals surface area contributed by atoms with Crippen LogP contribution in [0.25, 0.3) is 0 Å². The number of anilines is 1. The quantitative estimate of drug-likeness (QED) is 0.873. The third-order valence-corrected chi connectivity index (χ3v) is 2.83. The maximum Gasteiger partial charge on any atom is 0.323 e. The van der Waals surface area contributed by atoms with Crippen molar-refractivity contribution >= 4 is 11.7 Å². The van der Waals surface area contributed by atoms with Gasteiger partial charge in [0.1, 0.15) is 6.54 Å². The molecule has 1 aromatic heterocycles. The lowest BCUT2D eigenvalue weighted by molar-refractivity contribution is -0.135. The molecule has 0 fully saturated rings. The van der Waals surface area contributed by atoms with E-state index in [9.17, 15) is 4.79 Å². The van der Waals surface area contributed by atoms with Crippen molar-refractivity contribution in [2.24, 2.45) is 0 Å². The molecular weight excluding hydrogens is 256 g/mol. The lowest BCUT2D eigenvalue weighted by Crippen LogP contribution is -2.29. The zero-order chi connectivity index (χ0) is 14.4. The molecule has 1 N–H and O–H groups in total. The van der Waals surface area contributed by atoms with Gasteiger partial charge in [-0.05, 0) is 17.7 Å². The van der Waals surface area contributed by atoms with E-state index in [1.165, 1.54) is 0 Å². The highest BCUT2D eigenvalue weighted by Gasteiger charge is 2.11. The molecule has 0 amide bonds. The minimum atomic E-state index is -0.865. The third-order valence-electron chi connectivity index (χ3n) is 2.83. The van der Waals surface area contributed by atoms with E-state index >= 15 is 0 Å². The van der Waals surface area contributed by atoms with Crippen molar-refractivity contribution in [3.05, 3.63) is 54.2 Å². The molecule has 0 aliphatic rings. The van der Waals surface area contributed by atoms with Crippen molar-refractivity contribution in [3.63, 3.8) is 0 Å². The standard InChI is InChI=1S/C15H16N2O3/c1-20-14-8-7-12(9-16-14)10-17(11-15(18)19)13-5-3-2-4-6-13/h2-9H,10-11H2,1H3,(H,18,19). The van der Waals surface area contributed by atoms with Crippen molar-refractivity contribution in [3.8, 4) is 5.88 Å². The van der Waals surface area contributed by atoms with Crippen LogP contribution in [0.15, 0.2) is 48.7 Å². The summed E-state index contributed by atoms with van der Waals surface area (Å²) >= 11 is 0. The van der Waals surface area contributed by atoms with Crippen molar-refractivity contribution in [2.75, 3.05) is 18.6 Å². The van der Waals surface area contributed by atoms with Crippen LogP contribution in [-0.4, -0.2) is 29.7 Å². The SMILES string of the molecule is COc1ccc(CN(CC(=O)O)c2ccccc2)cn1. The van der Waals surface area contributed by atoms with Crippen LogP contribution in [0.3, 0.4) is 0 Å².